The fourth-order valence-electron chi connectivity index (χ4n) is 2.31. The van der Waals surface area contributed by atoms with Gasteiger partial charge in [-0.1, -0.05) is 11.6 Å². The first-order valence-electron chi connectivity index (χ1n) is 7.75. The third-order valence-electron chi connectivity index (χ3n) is 3.61. The number of fused-ring (bicyclic) bond motifs is 1. The quantitative estimate of drug-likeness (QED) is 0.632. The van der Waals surface area contributed by atoms with Gasteiger partial charge in [0.15, 0.2) is 17.6 Å². The van der Waals surface area contributed by atoms with E-state index in [0.717, 1.165) is 0 Å². The van der Waals surface area contributed by atoms with E-state index in [2.05, 4.69) is 5.32 Å². The standard InChI is InChI=1S/C17H15ClN2O6/c1-10(26-14-5-3-12(20(22)23)9-13(14)18)17(21)19-11-2-4-15-16(8-11)25-7-6-24-15/h2-5,8-10H,6-7H2,1H3,(H,19,21)/t10-/m0/s1. The lowest BCUT2D eigenvalue weighted by atomic mass is 10.2. The maximum absolute atomic E-state index is 12.3. The van der Waals surface area contributed by atoms with Crippen LogP contribution in [0.2, 0.25) is 5.02 Å². The van der Waals surface area contributed by atoms with Gasteiger partial charge in [-0.2, -0.15) is 0 Å². The van der Waals surface area contributed by atoms with E-state index in [1.54, 1.807) is 25.1 Å². The van der Waals surface area contributed by atoms with E-state index in [9.17, 15) is 14.9 Å². The van der Waals surface area contributed by atoms with Crippen LogP contribution in [0.25, 0.3) is 0 Å². The summed E-state index contributed by atoms with van der Waals surface area (Å²) in [5.74, 6) is 0.954. The van der Waals surface area contributed by atoms with Gasteiger partial charge in [0.2, 0.25) is 0 Å². The van der Waals surface area contributed by atoms with Gasteiger partial charge in [0.25, 0.3) is 11.6 Å². The summed E-state index contributed by atoms with van der Waals surface area (Å²) in [5, 5.41) is 13.5. The fourth-order valence-corrected chi connectivity index (χ4v) is 2.53. The van der Waals surface area contributed by atoms with Crippen molar-refractivity contribution < 1.29 is 23.9 Å². The Kier molecular flexibility index (Phi) is 5.13. The van der Waals surface area contributed by atoms with E-state index >= 15 is 0 Å². The van der Waals surface area contributed by atoms with Gasteiger partial charge in [0.1, 0.15) is 19.0 Å². The molecule has 1 aliphatic rings. The molecule has 1 heterocycles. The Balaban J connectivity index is 1.65. The van der Waals surface area contributed by atoms with Crippen molar-refractivity contribution in [1.82, 2.24) is 0 Å². The molecule has 3 rings (SSSR count). The summed E-state index contributed by atoms with van der Waals surface area (Å²) >= 11 is 5.97. The van der Waals surface area contributed by atoms with Crippen molar-refractivity contribution in [2.24, 2.45) is 0 Å². The summed E-state index contributed by atoms with van der Waals surface area (Å²) in [4.78, 5) is 22.5. The molecule has 0 spiro atoms. The third-order valence-corrected chi connectivity index (χ3v) is 3.90. The lowest BCUT2D eigenvalue weighted by molar-refractivity contribution is -0.384. The average Bonchev–Trinajstić information content (AvgIpc) is 2.63. The zero-order valence-electron chi connectivity index (χ0n) is 13.7. The molecule has 0 saturated heterocycles. The normalized spacial score (nSPS) is 13.6. The highest BCUT2D eigenvalue weighted by atomic mass is 35.5. The van der Waals surface area contributed by atoms with Crippen LogP contribution < -0.4 is 19.5 Å². The first-order valence-corrected chi connectivity index (χ1v) is 8.13. The fraction of sp³-hybridized carbons (Fsp3) is 0.235. The second-order valence-electron chi connectivity index (χ2n) is 5.48. The monoisotopic (exact) mass is 378 g/mol. The number of carbonyl (C=O) groups excluding carboxylic acids is 1. The minimum Gasteiger partial charge on any atom is -0.486 e. The van der Waals surface area contributed by atoms with Crippen LogP contribution in [-0.4, -0.2) is 30.1 Å². The molecule has 136 valence electrons. The third kappa shape index (κ3) is 3.97. The van der Waals surface area contributed by atoms with E-state index in [0.29, 0.717) is 30.4 Å². The number of nitro benzene ring substituents is 1. The number of rotatable bonds is 5. The van der Waals surface area contributed by atoms with Crippen LogP contribution in [0, 0.1) is 10.1 Å². The Hall–Kier alpha value is -3.00. The summed E-state index contributed by atoms with van der Waals surface area (Å²) in [6.45, 7) is 2.48. The van der Waals surface area contributed by atoms with Crippen molar-refractivity contribution in [3.63, 3.8) is 0 Å². The van der Waals surface area contributed by atoms with Crippen LogP contribution in [0.4, 0.5) is 11.4 Å². The Morgan fingerprint density at radius 2 is 1.96 bits per heavy atom. The van der Waals surface area contributed by atoms with Crippen LogP contribution in [-0.2, 0) is 4.79 Å². The highest BCUT2D eigenvalue weighted by Gasteiger charge is 2.19. The molecule has 0 unspecified atom stereocenters. The number of hydrogen-bond acceptors (Lipinski definition) is 6. The van der Waals surface area contributed by atoms with Crippen LogP contribution >= 0.6 is 11.6 Å². The molecule has 2 aromatic rings. The zero-order valence-corrected chi connectivity index (χ0v) is 14.5. The van der Waals surface area contributed by atoms with E-state index in [4.69, 9.17) is 25.8 Å². The molecule has 1 atom stereocenters. The van der Waals surface area contributed by atoms with E-state index < -0.39 is 16.9 Å². The first-order chi connectivity index (χ1) is 12.4. The predicted molar refractivity (Wildman–Crippen MR) is 94.3 cm³/mol. The lowest BCUT2D eigenvalue weighted by Crippen LogP contribution is -2.30. The van der Waals surface area contributed by atoms with E-state index in [-0.39, 0.29) is 16.5 Å². The smallest absolute Gasteiger partial charge is 0.271 e. The number of ether oxygens (including phenoxy) is 3. The van der Waals surface area contributed by atoms with Crippen molar-refractivity contribution in [3.05, 3.63) is 51.5 Å². The van der Waals surface area contributed by atoms with Gasteiger partial charge in [0.05, 0.1) is 9.95 Å². The van der Waals surface area contributed by atoms with Crippen molar-refractivity contribution >= 4 is 28.9 Å². The lowest BCUT2D eigenvalue weighted by Gasteiger charge is -2.20. The first kappa shape index (κ1) is 17.8. The molecule has 1 aliphatic heterocycles. The Morgan fingerprint density at radius 3 is 2.65 bits per heavy atom. The molecule has 1 N–H and O–H groups in total. The van der Waals surface area contributed by atoms with Gasteiger partial charge < -0.3 is 19.5 Å². The Morgan fingerprint density at radius 1 is 1.23 bits per heavy atom. The van der Waals surface area contributed by atoms with Gasteiger partial charge in [-0.05, 0) is 25.1 Å². The number of hydrogen-bond donors (Lipinski definition) is 1. The number of nitrogens with zero attached hydrogens (tertiary/aromatic N) is 1. The molecule has 0 fully saturated rings. The SMILES string of the molecule is C[C@H](Oc1ccc([N+](=O)[O-])cc1Cl)C(=O)Nc1ccc2c(c1)OCCO2. The van der Waals surface area contributed by atoms with Gasteiger partial charge in [-0.15, -0.1) is 0 Å². The van der Waals surface area contributed by atoms with Gasteiger partial charge in [0, 0.05) is 23.9 Å². The summed E-state index contributed by atoms with van der Waals surface area (Å²) in [6, 6.07) is 8.85. The van der Waals surface area contributed by atoms with Crippen molar-refractivity contribution in [1.29, 1.82) is 0 Å². The summed E-state index contributed by atoms with van der Waals surface area (Å²) in [5.41, 5.74) is 0.375. The maximum Gasteiger partial charge on any atom is 0.271 e. The Labute approximate surface area is 153 Å². The molecular weight excluding hydrogens is 364 g/mol. The highest BCUT2D eigenvalue weighted by molar-refractivity contribution is 6.32. The van der Waals surface area contributed by atoms with Crippen LogP contribution in [0.5, 0.6) is 17.2 Å². The zero-order chi connectivity index (χ0) is 18.7. The number of carbonyl (C=O) groups is 1. The molecule has 8 nitrogen and oxygen atoms in total. The van der Waals surface area contributed by atoms with Crippen LogP contribution in [0.3, 0.4) is 0 Å². The Bertz CT molecular complexity index is 857. The topological polar surface area (TPSA) is 99.9 Å². The highest BCUT2D eigenvalue weighted by Crippen LogP contribution is 2.33. The van der Waals surface area contributed by atoms with E-state index in [1.807, 2.05) is 0 Å². The molecule has 1 amide bonds. The average molecular weight is 379 g/mol. The number of amides is 1. The maximum atomic E-state index is 12.3. The number of halogens is 1. The van der Waals surface area contributed by atoms with E-state index in [1.165, 1.54) is 18.2 Å². The second-order valence-corrected chi connectivity index (χ2v) is 5.89. The summed E-state index contributed by atoms with van der Waals surface area (Å²) in [7, 11) is 0. The summed E-state index contributed by atoms with van der Waals surface area (Å²) in [6.07, 6.45) is -0.873. The number of benzene rings is 2. The van der Waals surface area contributed by atoms with Gasteiger partial charge in [-0.25, -0.2) is 0 Å². The predicted octanol–water partition coefficient (Wildman–Crippen LogP) is 3.43. The largest absolute Gasteiger partial charge is 0.486 e. The van der Waals surface area contributed by atoms with Gasteiger partial charge in [-0.3, -0.25) is 14.9 Å². The number of nitro groups is 1. The van der Waals surface area contributed by atoms with Crippen molar-refractivity contribution in [3.8, 4) is 17.2 Å². The molecule has 0 aliphatic carbocycles. The number of non-ortho nitro benzene ring substituents is 1. The van der Waals surface area contributed by atoms with Crippen molar-refractivity contribution in [2.75, 3.05) is 18.5 Å². The number of anilines is 1. The van der Waals surface area contributed by atoms with Crippen LogP contribution in [0.1, 0.15) is 6.92 Å². The minimum absolute atomic E-state index is 0.0539. The number of nitrogens with one attached hydrogen (secondary N) is 1. The molecular formula is C17H15ClN2O6. The molecule has 9 heteroatoms. The molecule has 0 bridgehead atoms. The molecule has 0 saturated carbocycles. The molecule has 2 aromatic carbocycles. The molecule has 0 aromatic heterocycles. The minimum atomic E-state index is -0.873. The van der Waals surface area contributed by atoms with Gasteiger partial charge >= 0.3 is 0 Å². The van der Waals surface area contributed by atoms with Crippen LogP contribution in [0.15, 0.2) is 36.4 Å². The molecule has 0 radical (unpaired) electrons. The molecule has 26 heavy (non-hydrogen) atoms. The van der Waals surface area contributed by atoms with Crippen molar-refractivity contribution in [2.45, 2.75) is 13.0 Å². The second kappa shape index (κ2) is 7.49. The summed E-state index contributed by atoms with van der Waals surface area (Å²) < 4.78 is 16.4.